The predicted molar refractivity (Wildman–Crippen MR) is 121 cm³/mol. The number of aromatic nitrogens is 1. The highest BCUT2D eigenvalue weighted by molar-refractivity contribution is 6.30. The fourth-order valence-electron chi connectivity index (χ4n) is 3.75. The second kappa shape index (κ2) is 8.98. The zero-order chi connectivity index (χ0) is 21.8. The molecule has 1 aliphatic heterocycles. The van der Waals surface area contributed by atoms with E-state index >= 15 is 0 Å². The number of nitrogens with one attached hydrogen (secondary N) is 1. The van der Waals surface area contributed by atoms with Gasteiger partial charge < -0.3 is 14.8 Å². The van der Waals surface area contributed by atoms with Crippen LogP contribution in [0.25, 0.3) is 0 Å². The van der Waals surface area contributed by atoms with Crippen molar-refractivity contribution in [3.8, 4) is 11.5 Å². The van der Waals surface area contributed by atoms with Gasteiger partial charge in [-0.05, 0) is 62.2 Å². The SMILES string of the molecule is CC(CC(c1ccc(Cl)cc1)c1ccccn1)NC(=O)C1(C)COc2ccccc2O1. The van der Waals surface area contributed by atoms with E-state index in [-0.39, 0.29) is 24.5 Å². The normalized spacial score (nSPS) is 19.3. The second-order valence-corrected chi connectivity index (χ2v) is 8.47. The number of amides is 1. The van der Waals surface area contributed by atoms with Gasteiger partial charge in [-0.15, -0.1) is 0 Å². The van der Waals surface area contributed by atoms with E-state index in [4.69, 9.17) is 21.1 Å². The van der Waals surface area contributed by atoms with Crippen LogP contribution in [0.15, 0.2) is 72.9 Å². The van der Waals surface area contributed by atoms with Gasteiger partial charge in [0.15, 0.2) is 11.5 Å². The lowest BCUT2D eigenvalue weighted by molar-refractivity contribution is -0.140. The van der Waals surface area contributed by atoms with Crippen LogP contribution in [0.2, 0.25) is 5.02 Å². The maximum Gasteiger partial charge on any atom is 0.267 e. The van der Waals surface area contributed by atoms with Gasteiger partial charge in [0.1, 0.15) is 6.61 Å². The molecule has 1 aliphatic rings. The first kappa shape index (κ1) is 21.2. The van der Waals surface area contributed by atoms with Gasteiger partial charge in [-0.3, -0.25) is 9.78 Å². The summed E-state index contributed by atoms with van der Waals surface area (Å²) in [5, 5.41) is 3.79. The number of carbonyl (C=O) groups excluding carboxylic acids is 1. The highest BCUT2D eigenvalue weighted by atomic mass is 35.5. The molecule has 3 aromatic rings. The smallest absolute Gasteiger partial charge is 0.267 e. The maximum absolute atomic E-state index is 13.1. The van der Waals surface area contributed by atoms with E-state index in [0.29, 0.717) is 22.9 Å². The van der Waals surface area contributed by atoms with Crippen LogP contribution in [-0.4, -0.2) is 29.1 Å². The summed E-state index contributed by atoms with van der Waals surface area (Å²) >= 11 is 6.08. The first-order valence-electron chi connectivity index (χ1n) is 10.3. The topological polar surface area (TPSA) is 60.5 Å². The van der Waals surface area contributed by atoms with Crippen LogP contribution in [0.5, 0.6) is 11.5 Å². The summed E-state index contributed by atoms with van der Waals surface area (Å²) in [5.41, 5.74) is 0.952. The molecule has 0 radical (unpaired) electrons. The van der Waals surface area contributed by atoms with Gasteiger partial charge >= 0.3 is 0 Å². The quantitative estimate of drug-likeness (QED) is 0.591. The van der Waals surface area contributed by atoms with Crippen LogP contribution in [0.1, 0.15) is 37.4 Å². The first-order chi connectivity index (χ1) is 14.9. The van der Waals surface area contributed by atoms with Crippen molar-refractivity contribution in [2.75, 3.05) is 6.61 Å². The third kappa shape index (κ3) is 4.83. The number of rotatable bonds is 6. The van der Waals surface area contributed by atoms with Gasteiger partial charge in [0.2, 0.25) is 5.60 Å². The number of carbonyl (C=O) groups is 1. The molecule has 0 aliphatic carbocycles. The number of para-hydroxylation sites is 2. The van der Waals surface area contributed by atoms with Gasteiger partial charge in [0, 0.05) is 28.9 Å². The predicted octanol–water partition coefficient (Wildman–Crippen LogP) is 4.99. The standard InChI is InChI=1S/C25H25ClN2O3/c1-17(28-24(29)25(2)16-30-22-8-3-4-9-23(22)31-25)15-20(21-7-5-6-14-27-21)18-10-12-19(26)13-11-18/h3-14,17,20H,15-16H2,1-2H3,(H,28,29). The molecule has 160 valence electrons. The van der Waals surface area contributed by atoms with Crippen LogP contribution in [0, 0.1) is 0 Å². The summed E-state index contributed by atoms with van der Waals surface area (Å²) in [7, 11) is 0. The number of fused-ring (bicyclic) bond motifs is 1. The van der Waals surface area contributed by atoms with Gasteiger partial charge in [-0.2, -0.15) is 0 Å². The molecule has 3 unspecified atom stereocenters. The lowest BCUT2D eigenvalue weighted by Crippen LogP contribution is -2.56. The zero-order valence-corrected chi connectivity index (χ0v) is 18.3. The van der Waals surface area contributed by atoms with Crippen molar-refractivity contribution in [3.63, 3.8) is 0 Å². The number of halogens is 1. The highest BCUT2D eigenvalue weighted by Gasteiger charge is 2.41. The molecule has 0 saturated heterocycles. The second-order valence-electron chi connectivity index (χ2n) is 8.04. The van der Waals surface area contributed by atoms with Crippen molar-refractivity contribution in [3.05, 3.63) is 89.2 Å². The molecular weight excluding hydrogens is 412 g/mol. The van der Waals surface area contributed by atoms with Crippen LogP contribution < -0.4 is 14.8 Å². The van der Waals surface area contributed by atoms with Crippen LogP contribution in [0.3, 0.4) is 0 Å². The number of benzene rings is 2. The van der Waals surface area contributed by atoms with Crippen molar-refractivity contribution < 1.29 is 14.3 Å². The van der Waals surface area contributed by atoms with Gasteiger partial charge in [0.25, 0.3) is 5.91 Å². The Morgan fingerprint density at radius 3 is 2.52 bits per heavy atom. The average molecular weight is 437 g/mol. The molecule has 2 heterocycles. The van der Waals surface area contributed by atoms with Gasteiger partial charge in [0.05, 0.1) is 0 Å². The fourth-order valence-corrected chi connectivity index (χ4v) is 3.87. The molecule has 1 N–H and O–H groups in total. The minimum absolute atomic E-state index is 0.0193. The molecule has 0 bridgehead atoms. The summed E-state index contributed by atoms with van der Waals surface area (Å²) in [6.45, 7) is 3.90. The van der Waals surface area contributed by atoms with Gasteiger partial charge in [-0.25, -0.2) is 0 Å². The summed E-state index contributed by atoms with van der Waals surface area (Å²) in [6, 6.07) is 20.9. The number of pyridine rings is 1. The molecule has 5 nitrogen and oxygen atoms in total. The van der Waals surface area contributed by atoms with Crippen molar-refractivity contribution in [2.24, 2.45) is 0 Å². The molecule has 2 aromatic carbocycles. The molecule has 1 amide bonds. The third-order valence-electron chi connectivity index (χ3n) is 5.45. The Morgan fingerprint density at radius 1 is 1.10 bits per heavy atom. The number of hydrogen-bond donors (Lipinski definition) is 1. The third-order valence-corrected chi connectivity index (χ3v) is 5.70. The number of hydrogen-bond acceptors (Lipinski definition) is 4. The molecule has 6 heteroatoms. The Balaban J connectivity index is 1.48. The fraction of sp³-hybridized carbons (Fsp3) is 0.280. The molecule has 4 rings (SSSR count). The van der Waals surface area contributed by atoms with E-state index in [2.05, 4.69) is 10.3 Å². The van der Waals surface area contributed by atoms with E-state index in [0.717, 1.165) is 11.3 Å². The van der Waals surface area contributed by atoms with Crippen molar-refractivity contribution in [1.82, 2.24) is 10.3 Å². The Labute approximate surface area is 187 Å². The average Bonchev–Trinajstić information content (AvgIpc) is 2.78. The Bertz CT molecular complexity index is 1040. The summed E-state index contributed by atoms with van der Waals surface area (Å²) in [6.07, 6.45) is 2.46. The van der Waals surface area contributed by atoms with Crippen LogP contribution in [0.4, 0.5) is 0 Å². The van der Waals surface area contributed by atoms with Crippen LogP contribution >= 0.6 is 11.6 Å². The largest absolute Gasteiger partial charge is 0.485 e. The molecule has 0 saturated carbocycles. The minimum Gasteiger partial charge on any atom is -0.485 e. The minimum atomic E-state index is -1.09. The van der Waals surface area contributed by atoms with E-state index < -0.39 is 5.60 Å². The van der Waals surface area contributed by atoms with Crippen LogP contribution in [-0.2, 0) is 4.79 Å². The lowest BCUT2D eigenvalue weighted by Gasteiger charge is -2.35. The maximum atomic E-state index is 13.1. The molecule has 0 fully saturated rings. The molecule has 31 heavy (non-hydrogen) atoms. The van der Waals surface area contributed by atoms with E-state index in [9.17, 15) is 4.79 Å². The Hall–Kier alpha value is -3.05. The van der Waals surface area contributed by atoms with E-state index in [1.165, 1.54) is 0 Å². The summed E-state index contributed by atoms with van der Waals surface area (Å²) < 4.78 is 11.8. The summed E-state index contributed by atoms with van der Waals surface area (Å²) in [5.74, 6) is 1.04. The van der Waals surface area contributed by atoms with E-state index in [1.54, 1.807) is 19.2 Å². The zero-order valence-electron chi connectivity index (χ0n) is 17.5. The monoisotopic (exact) mass is 436 g/mol. The Kier molecular flexibility index (Phi) is 6.14. The Morgan fingerprint density at radius 2 is 1.81 bits per heavy atom. The summed E-state index contributed by atoms with van der Waals surface area (Å²) in [4.78, 5) is 17.6. The highest BCUT2D eigenvalue weighted by Crippen LogP contribution is 2.35. The molecule has 0 spiro atoms. The van der Waals surface area contributed by atoms with Crippen molar-refractivity contribution >= 4 is 17.5 Å². The molecule has 1 aromatic heterocycles. The molecular formula is C25H25ClN2O3. The van der Waals surface area contributed by atoms with Gasteiger partial charge in [-0.1, -0.05) is 41.9 Å². The number of ether oxygens (including phenoxy) is 2. The van der Waals surface area contributed by atoms with Crippen molar-refractivity contribution in [1.29, 1.82) is 0 Å². The molecule has 3 atom stereocenters. The number of nitrogens with zero attached hydrogens (tertiary/aromatic N) is 1. The van der Waals surface area contributed by atoms with Crippen molar-refractivity contribution in [2.45, 2.75) is 37.8 Å². The first-order valence-corrected chi connectivity index (χ1v) is 10.7. The van der Waals surface area contributed by atoms with E-state index in [1.807, 2.05) is 67.6 Å². The lowest BCUT2D eigenvalue weighted by atomic mass is 9.89.